The number of ether oxygens (including phenoxy) is 1. The van der Waals surface area contributed by atoms with Crippen molar-refractivity contribution in [2.45, 2.75) is 0 Å². The number of nitrogens with zero attached hydrogens (tertiary/aromatic N) is 2. The Labute approximate surface area is 105 Å². The molecular weight excluding hydrogens is 234 g/mol. The predicted molar refractivity (Wildman–Crippen MR) is 69.6 cm³/mol. The van der Waals surface area contributed by atoms with Gasteiger partial charge < -0.3 is 24.9 Å². The second-order valence-corrected chi connectivity index (χ2v) is 3.89. The van der Waals surface area contributed by atoms with Crippen LogP contribution in [-0.2, 0) is 4.74 Å². The quantitative estimate of drug-likeness (QED) is 0.740. The molecule has 1 aromatic heterocycles. The molecule has 18 heavy (non-hydrogen) atoms. The molecule has 0 amide bonds. The number of rotatable bonds is 6. The van der Waals surface area contributed by atoms with Gasteiger partial charge in [-0.2, -0.15) is 4.98 Å². The lowest BCUT2D eigenvalue weighted by Crippen LogP contribution is -2.30. The fourth-order valence-electron chi connectivity index (χ4n) is 1.72. The van der Waals surface area contributed by atoms with Crippen LogP contribution in [0.15, 0.2) is 22.6 Å². The van der Waals surface area contributed by atoms with Crippen molar-refractivity contribution >= 4 is 22.8 Å². The molecule has 0 unspecified atom stereocenters. The molecule has 0 aliphatic heterocycles. The van der Waals surface area contributed by atoms with Gasteiger partial charge in [0.1, 0.15) is 5.52 Å². The Balaban J connectivity index is 2.29. The zero-order valence-corrected chi connectivity index (χ0v) is 10.3. The first-order valence-corrected chi connectivity index (χ1v) is 5.76. The number of fused-ring (bicyclic) bond motifs is 1. The van der Waals surface area contributed by atoms with Crippen molar-refractivity contribution in [2.75, 3.05) is 44.0 Å². The van der Waals surface area contributed by atoms with Crippen LogP contribution in [0.4, 0.5) is 11.7 Å². The summed E-state index contributed by atoms with van der Waals surface area (Å²) in [5.74, 6) is 0. The lowest BCUT2D eigenvalue weighted by atomic mass is 10.3. The summed E-state index contributed by atoms with van der Waals surface area (Å²) in [5.41, 5.74) is 7.70. The van der Waals surface area contributed by atoms with E-state index in [1.54, 1.807) is 13.2 Å². The molecular formula is C12H17N3O3. The number of hydrogen-bond acceptors (Lipinski definition) is 6. The van der Waals surface area contributed by atoms with Gasteiger partial charge in [-0.25, -0.2) is 0 Å². The van der Waals surface area contributed by atoms with Crippen LogP contribution in [0.5, 0.6) is 0 Å². The highest BCUT2D eigenvalue weighted by Gasteiger charge is 2.14. The highest BCUT2D eigenvalue weighted by atomic mass is 16.5. The average molecular weight is 251 g/mol. The summed E-state index contributed by atoms with van der Waals surface area (Å²) in [4.78, 5) is 6.17. The molecule has 0 aliphatic carbocycles. The number of nitrogens with two attached hydrogens (primary N) is 1. The number of aliphatic hydroxyl groups is 1. The van der Waals surface area contributed by atoms with Gasteiger partial charge in [-0.05, 0) is 12.1 Å². The maximum absolute atomic E-state index is 9.05. The molecule has 2 rings (SSSR count). The third-order valence-corrected chi connectivity index (χ3v) is 2.64. The first-order valence-electron chi connectivity index (χ1n) is 5.76. The molecule has 0 atom stereocenters. The minimum absolute atomic E-state index is 0.0257. The largest absolute Gasteiger partial charge is 0.423 e. The first kappa shape index (κ1) is 12.7. The van der Waals surface area contributed by atoms with E-state index in [1.165, 1.54) is 0 Å². The van der Waals surface area contributed by atoms with Crippen LogP contribution in [0, 0.1) is 0 Å². The lowest BCUT2D eigenvalue weighted by molar-refractivity contribution is 0.201. The maximum Gasteiger partial charge on any atom is 0.298 e. The van der Waals surface area contributed by atoms with Gasteiger partial charge >= 0.3 is 0 Å². The lowest BCUT2D eigenvalue weighted by Gasteiger charge is -2.18. The Morgan fingerprint density at radius 3 is 2.94 bits per heavy atom. The smallest absolute Gasteiger partial charge is 0.298 e. The molecule has 0 aliphatic rings. The fourth-order valence-corrected chi connectivity index (χ4v) is 1.72. The van der Waals surface area contributed by atoms with Crippen LogP contribution in [0.3, 0.4) is 0 Å². The zero-order chi connectivity index (χ0) is 13.0. The molecule has 0 fully saturated rings. The number of aliphatic hydroxyl groups excluding tert-OH is 1. The topological polar surface area (TPSA) is 84.8 Å². The summed E-state index contributed by atoms with van der Waals surface area (Å²) >= 11 is 0. The van der Waals surface area contributed by atoms with Crippen LogP contribution in [0.25, 0.3) is 11.1 Å². The molecule has 2 aromatic rings. The Hall–Kier alpha value is -1.79. The van der Waals surface area contributed by atoms with Crippen molar-refractivity contribution < 1.29 is 14.3 Å². The van der Waals surface area contributed by atoms with E-state index >= 15 is 0 Å². The van der Waals surface area contributed by atoms with Gasteiger partial charge in [0.15, 0.2) is 5.58 Å². The highest BCUT2D eigenvalue weighted by molar-refractivity contribution is 5.86. The molecule has 0 bridgehead atoms. The summed E-state index contributed by atoms with van der Waals surface area (Å²) in [6, 6.07) is 5.86. The van der Waals surface area contributed by atoms with Crippen molar-refractivity contribution in [3.8, 4) is 0 Å². The van der Waals surface area contributed by atoms with Crippen molar-refractivity contribution in [1.29, 1.82) is 0 Å². The maximum atomic E-state index is 9.05. The molecule has 1 heterocycles. The van der Waals surface area contributed by atoms with Gasteiger partial charge in [-0.3, -0.25) is 0 Å². The Kier molecular flexibility index (Phi) is 4.01. The Morgan fingerprint density at radius 1 is 1.44 bits per heavy atom. The molecule has 0 saturated carbocycles. The Bertz CT molecular complexity index is 512. The summed E-state index contributed by atoms with van der Waals surface area (Å²) in [7, 11) is 1.63. The number of para-hydroxylation sites is 1. The SMILES string of the molecule is COCCN(CCO)c1nc2c(N)cccc2o1. The van der Waals surface area contributed by atoms with Crippen LogP contribution in [-0.4, -0.2) is 43.5 Å². The summed E-state index contributed by atoms with van der Waals surface area (Å²) < 4.78 is 10.6. The summed E-state index contributed by atoms with van der Waals surface area (Å²) in [6.07, 6.45) is 0. The molecule has 1 aromatic carbocycles. The summed E-state index contributed by atoms with van der Waals surface area (Å²) in [6.45, 7) is 1.60. The van der Waals surface area contributed by atoms with Crippen molar-refractivity contribution in [3.05, 3.63) is 18.2 Å². The normalized spacial score (nSPS) is 11.0. The van der Waals surface area contributed by atoms with Gasteiger partial charge in [0.05, 0.1) is 18.9 Å². The molecule has 0 radical (unpaired) electrons. The van der Waals surface area contributed by atoms with E-state index in [0.717, 1.165) is 0 Å². The number of aromatic nitrogens is 1. The number of anilines is 2. The first-order chi connectivity index (χ1) is 8.76. The number of nitrogen functional groups attached to an aromatic ring is 1. The number of methoxy groups -OCH3 is 1. The van der Waals surface area contributed by atoms with E-state index in [-0.39, 0.29) is 6.61 Å². The molecule has 3 N–H and O–H groups in total. The van der Waals surface area contributed by atoms with Gasteiger partial charge in [0.25, 0.3) is 6.01 Å². The summed E-state index contributed by atoms with van der Waals surface area (Å²) in [5, 5.41) is 9.05. The van der Waals surface area contributed by atoms with E-state index in [0.29, 0.717) is 42.5 Å². The number of benzene rings is 1. The van der Waals surface area contributed by atoms with Gasteiger partial charge in [0.2, 0.25) is 0 Å². The minimum Gasteiger partial charge on any atom is -0.423 e. The standard InChI is InChI=1S/C12H17N3O3/c1-17-8-6-15(5-7-16)12-14-11-9(13)3-2-4-10(11)18-12/h2-4,16H,5-8,13H2,1H3. The number of oxazole rings is 1. The van der Waals surface area contributed by atoms with Crippen molar-refractivity contribution in [3.63, 3.8) is 0 Å². The fraction of sp³-hybridized carbons (Fsp3) is 0.417. The van der Waals surface area contributed by atoms with Crippen LogP contribution in [0.2, 0.25) is 0 Å². The predicted octanol–water partition coefficient (Wildman–Crippen LogP) is 0.855. The monoisotopic (exact) mass is 251 g/mol. The number of hydrogen-bond donors (Lipinski definition) is 2. The van der Waals surface area contributed by atoms with Gasteiger partial charge in [-0.15, -0.1) is 0 Å². The zero-order valence-electron chi connectivity index (χ0n) is 10.3. The average Bonchev–Trinajstić information content (AvgIpc) is 2.80. The molecule has 0 spiro atoms. The third-order valence-electron chi connectivity index (χ3n) is 2.64. The molecule has 0 saturated heterocycles. The van der Waals surface area contributed by atoms with Crippen LogP contribution < -0.4 is 10.6 Å². The van der Waals surface area contributed by atoms with E-state index in [2.05, 4.69) is 4.98 Å². The molecule has 6 heteroatoms. The van der Waals surface area contributed by atoms with Crippen LogP contribution >= 0.6 is 0 Å². The van der Waals surface area contributed by atoms with Gasteiger partial charge in [0, 0.05) is 20.2 Å². The van der Waals surface area contributed by atoms with E-state index in [4.69, 9.17) is 20.0 Å². The second-order valence-electron chi connectivity index (χ2n) is 3.89. The molecule has 6 nitrogen and oxygen atoms in total. The second kappa shape index (κ2) is 5.70. The molecule has 98 valence electrons. The third kappa shape index (κ3) is 2.55. The van der Waals surface area contributed by atoms with E-state index < -0.39 is 0 Å². The minimum atomic E-state index is 0.0257. The highest BCUT2D eigenvalue weighted by Crippen LogP contribution is 2.25. The van der Waals surface area contributed by atoms with Crippen molar-refractivity contribution in [2.24, 2.45) is 0 Å². The van der Waals surface area contributed by atoms with Crippen molar-refractivity contribution in [1.82, 2.24) is 4.98 Å². The van der Waals surface area contributed by atoms with E-state index in [9.17, 15) is 0 Å². The Morgan fingerprint density at radius 2 is 2.28 bits per heavy atom. The van der Waals surface area contributed by atoms with E-state index in [1.807, 2.05) is 17.0 Å². The van der Waals surface area contributed by atoms with Gasteiger partial charge in [-0.1, -0.05) is 6.07 Å². The van der Waals surface area contributed by atoms with Crippen LogP contribution in [0.1, 0.15) is 0 Å².